The van der Waals surface area contributed by atoms with Gasteiger partial charge in [-0.3, -0.25) is 9.59 Å². The first-order chi connectivity index (χ1) is 10.0. The molecule has 7 heteroatoms. The Hall–Kier alpha value is -2.83. The zero-order valence-electron chi connectivity index (χ0n) is 11.4. The van der Waals surface area contributed by atoms with Crippen molar-refractivity contribution < 1.29 is 14.3 Å². The zero-order chi connectivity index (χ0) is 15.1. The Balaban J connectivity index is 2.41. The summed E-state index contributed by atoms with van der Waals surface area (Å²) in [5.74, 6) is -0.389. The molecule has 21 heavy (non-hydrogen) atoms. The van der Waals surface area contributed by atoms with Crippen molar-refractivity contribution in [2.75, 3.05) is 0 Å². The van der Waals surface area contributed by atoms with E-state index in [1.807, 2.05) is 13.0 Å². The predicted molar refractivity (Wildman–Crippen MR) is 76.3 cm³/mol. The Kier molecular flexibility index (Phi) is 2.90. The third-order valence-corrected chi connectivity index (χ3v) is 3.26. The maximum Gasteiger partial charge on any atom is 0.325 e. The summed E-state index contributed by atoms with van der Waals surface area (Å²) in [6, 6.07) is 1.83. The van der Waals surface area contributed by atoms with Gasteiger partial charge in [0, 0.05) is 12.6 Å². The molecule has 0 aliphatic heterocycles. The van der Waals surface area contributed by atoms with Gasteiger partial charge in [0.1, 0.15) is 17.8 Å². The van der Waals surface area contributed by atoms with Crippen LogP contribution in [0, 0.1) is 6.92 Å². The van der Waals surface area contributed by atoms with Crippen LogP contribution in [0.25, 0.3) is 22.0 Å². The molecule has 7 nitrogen and oxygen atoms in total. The molecular weight excluding hydrogens is 274 g/mol. The van der Waals surface area contributed by atoms with Crippen molar-refractivity contribution in [1.29, 1.82) is 0 Å². The van der Waals surface area contributed by atoms with Crippen LogP contribution < -0.4 is 5.56 Å². The summed E-state index contributed by atoms with van der Waals surface area (Å²) in [7, 11) is 0. The van der Waals surface area contributed by atoms with Gasteiger partial charge in [0.05, 0.1) is 17.1 Å². The summed E-state index contributed by atoms with van der Waals surface area (Å²) < 4.78 is 8.31. The summed E-state index contributed by atoms with van der Waals surface area (Å²) in [6.07, 6.45) is 3.13. The highest BCUT2D eigenvalue weighted by Gasteiger charge is 2.19. The van der Waals surface area contributed by atoms with E-state index in [2.05, 4.69) is 11.7 Å². The minimum absolute atomic E-state index is 0.375. The van der Waals surface area contributed by atoms with Gasteiger partial charge in [-0.2, -0.15) is 5.10 Å². The van der Waals surface area contributed by atoms with Crippen molar-refractivity contribution in [2.24, 2.45) is 0 Å². The molecular formula is C14H13N3O4. The monoisotopic (exact) mass is 287 g/mol. The van der Waals surface area contributed by atoms with E-state index >= 15 is 0 Å². The molecule has 3 rings (SSSR count). The molecule has 0 aromatic carbocycles. The van der Waals surface area contributed by atoms with Crippen LogP contribution in [0.3, 0.4) is 0 Å². The number of allylic oxidation sites excluding steroid dienone is 1. The maximum absolute atomic E-state index is 12.5. The van der Waals surface area contributed by atoms with Crippen LogP contribution in [0.15, 0.2) is 34.1 Å². The topological polar surface area (TPSA) is 90.3 Å². The first-order valence-electron chi connectivity index (χ1n) is 6.34. The van der Waals surface area contributed by atoms with Crippen molar-refractivity contribution in [3.63, 3.8) is 0 Å². The molecule has 0 spiro atoms. The van der Waals surface area contributed by atoms with Crippen LogP contribution in [0.1, 0.15) is 5.76 Å². The minimum atomic E-state index is -1.12. The van der Waals surface area contributed by atoms with E-state index in [0.717, 1.165) is 16.0 Å². The highest BCUT2D eigenvalue weighted by Crippen LogP contribution is 2.29. The van der Waals surface area contributed by atoms with Gasteiger partial charge in [0.25, 0.3) is 5.56 Å². The fourth-order valence-electron chi connectivity index (χ4n) is 2.48. The number of aryl methyl sites for hydroxylation is 1. The molecule has 0 atom stereocenters. The summed E-state index contributed by atoms with van der Waals surface area (Å²) >= 11 is 0. The van der Waals surface area contributed by atoms with E-state index < -0.39 is 18.1 Å². The molecule has 0 radical (unpaired) electrons. The van der Waals surface area contributed by atoms with Crippen molar-refractivity contribution in [3.05, 3.63) is 41.0 Å². The number of rotatable bonds is 4. The van der Waals surface area contributed by atoms with Crippen molar-refractivity contribution >= 4 is 28.0 Å². The molecule has 3 heterocycles. The lowest BCUT2D eigenvalue weighted by atomic mass is 10.3. The molecule has 0 unspecified atom stereocenters. The fraction of sp³-hybridized carbons (Fsp3) is 0.214. The zero-order valence-corrected chi connectivity index (χ0v) is 11.4. The van der Waals surface area contributed by atoms with Gasteiger partial charge in [-0.15, -0.1) is 6.58 Å². The third-order valence-electron chi connectivity index (χ3n) is 3.26. The van der Waals surface area contributed by atoms with E-state index in [4.69, 9.17) is 9.52 Å². The molecule has 0 aliphatic rings. The molecule has 0 bridgehead atoms. The van der Waals surface area contributed by atoms with Crippen molar-refractivity contribution in [3.8, 4) is 0 Å². The smallest absolute Gasteiger partial charge is 0.325 e. The number of carboxylic acid groups (broad SMARTS) is 1. The average Bonchev–Trinajstić information content (AvgIpc) is 2.91. The summed E-state index contributed by atoms with van der Waals surface area (Å²) in [5.41, 5.74) is 1.27. The number of aliphatic carboxylic acids is 1. The number of hydrogen-bond donors (Lipinski definition) is 1. The molecule has 3 aromatic heterocycles. The number of furan rings is 1. The molecule has 108 valence electrons. The molecule has 0 aliphatic carbocycles. The molecule has 0 fully saturated rings. The van der Waals surface area contributed by atoms with Crippen LogP contribution in [0.4, 0.5) is 0 Å². The minimum Gasteiger partial charge on any atom is -0.480 e. The Morgan fingerprint density at radius 2 is 2.33 bits per heavy atom. The number of nitrogens with zero attached hydrogens (tertiary/aromatic N) is 3. The largest absolute Gasteiger partial charge is 0.480 e. The third kappa shape index (κ3) is 1.94. The summed E-state index contributed by atoms with van der Waals surface area (Å²) in [4.78, 5) is 23.2. The molecule has 1 N–H and O–H groups in total. The number of carboxylic acids is 1. The van der Waals surface area contributed by atoms with Gasteiger partial charge in [0.2, 0.25) is 0 Å². The van der Waals surface area contributed by atoms with Crippen molar-refractivity contribution in [2.45, 2.75) is 20.0 Å². The average molecular weight is 287 g/mol. The second kappa shape index (κ2) is 4.62. The van der Waals surface area contributed by atoms with Crippen LogP contribution in [-0.4, -0.2) is 25.4 Å². The molecule has 0 saturated heterocycles. The van der Waals surface area contributed by atoms with E-state index in [1.165, 1.54) is 6.20 Å². The lowest BCUT2D eigenvalue weighted by Gasteiger charge is -2.04. The van der Waals surface area contributed by atoms with Gasteiger partial charge >= 0.3 is 5.97 Å². The van der Waals surface area contributed by atoms with Gasteiger partial charge in [-0.1, -0.05) is 6.08 Å². The standard InChI is InChI=1S/C14H13N3O4/c1-3-4-16-10-5-8(2)21-13(10)9-6-15-17(7-11(18)19)14(20)12(9)16/h3,5-6H,1,4,7H2,2H3,(H,18,19). The number of aromatic nitrogens is 3. The van der Waals surface area contributed by atoms with Gasteiger partial charge in [-0.25, -0.2) is 4.68 Å². The number of carbonyl (C=O) groups is 1. The quantitative estimate of drug-likeness (QED) is 0.735. The second-order valence-electron chi connectivity index (χ2n) is 4.73. The van der Waals surface area contributed by atoms with Crippen LogP contribution in [-0.2, 0) is 17.9 Å². The van der Waals surface area contributed by atoms with E-state index in [9.17, 15) is 9.59 Å². The number of fused-ring (bicyclic) bond motifs is 3. The summed E-state index contributed by atoms with van der Waals surface area (Å²) in [5, 5.41) is 13.3. The molecule has 0 saturated carbocycles. The molecule has 3 aromatic rings. The van der Waals surface area contributed by atoms with Crippen molar-refractivity contribution in [1.82, 2.24) is 14.3 Å². The van der Waals surface area contributed by atoms with Crippen LogP contribution in [0.5, 0.6) is 0 Å². The fourth-order valence-corrected chi connectivity index (χ4v) is 2.48. The molecule has 0 amide bonds. The maximum atomic E-state index is 12.5. The Labute approximate surface area is 118 Å². The Morgan fingerprint density at radius 1 is 1.57 bits per heavy atom. The Bertz CT molecular complexity index is 929. The predicted octanol–water partition coefficient (Wildman–Crippen LogP) is 1.52. The van der Waals surface area contributed by atoms with Gasteiger partial charge < -0.3 is 14.1 Å². The van der Waals surface area contributed by atoms with E-state index in [0.29, 0.717) is 23.0 Å². The highest BCUT2D eigenvalue weighted by atomic mass is 16.4. The lowest BCUT2D eigenvalue weighted by molar-refractivity contribution is -0.137. The highest BCUT2D eigenvalue weighted by molar-refractivity contribution is 6.04. The van der Waals surface area contributed by atoms with Gasteiger partial charge in [-0.05, 0) is 6.92 Å². The van der Waals surface area contributed by atoms with E-state index in [-0.39, 0.29) is 0 Å². The first-order valence-corrected chi connectivity index (χ1v) is 6.34. The lowest BCUT2D eigenvalue weighted by Crippen LogP contribution is -2.27. The van der Waals surface area contributed by atoms with E-state index in [1.54, 1.807) is 10.6 Å². The van der Waals surface area contributed by atoms with Gasteiger partial charge in [0.15, 0.2) is 5.58 Å². The number of hydrogen-bond acceptors (Lipinski definition) is 4. The summed E-state index contributed by atoms with van der Waals surface area (Å²) in [6.45, 7) is 5.45. The Morgan fingerprint density at radius 3 is 3.00 bits per heavy atom. The first kappa shape index (κ1) is 13.2. The second-order valence-corrected chi connectivity index (χ2v) is 4.73. The normalized spacial score (nSPS) is 11.3. The van der Waals surface area contributed by atoms with Crippen LogP contribution in [0.2, 0.25) is 0 Å². The van der Waals surface area contributed by atoms with Crippen LogP contribution >= 0.6 is 0 Å². The SMILES string of the molecule is C=CCn1c2cc(C)oc2c2cnn(CC(=O)O)c(=O)c21.